The maximum absolute atomic E-state index is 15.3. The maximum Gasteiger partial charge on any atom is 0.246 e. The second-order valence-corrected chi connectivity index (χ2v) is 9.72. The number of carbonyl (C=O) groups is 2. The predicted octanol–water partition coefficient (Wildman–Crippen LogP) is 3.35. The molecule has 1 heterocycles. The largest absolute Gasteiger partial charge is 0.371 e. The smallest absolute Gasteiger partial charge is 0.246 e. The summed E-state index contributed by atoms with van der Waals surface area (Å²) in [6, 6.07) is 12.5. The summed E-state index contributed by atoms with van der Waals surface area (Å²) in [7, 11) is 0. The highest BCUT2D eigenvalue weighted by Gasteiger charge is 2.37. The van der Waals surface area contributed by atoms with Gasteiger partial charge >= 0.3 is 0 Å². The fourth-order valence-electron chi connectivity index (χ4n) is 5.25. The summed E-state index contributed by atoms with van der Waals surface area (Å²) in [6.45, 7) is 5.19. The monoisotopic (exact) mass is 497 g/mol. The molecule has 1 saturated heterocycles. The minimum atomic E-state index is -0.750. The van der Waals surface area contributed by atoms with Gasteiger partial charge in [0.2, 0.25) is 11.8 Å². The Balaban J connectivity index is 1.65. The number of likely N-dealkylation sites (N-methyl/N-ethyl adjacent to an activating group) is 1. The normalized spacial score (nSPS) is 22.9. The molecule has 2 fully saturated rings. The van der Waals surface area contributed by atoms with E-state index in [0.717, 1.165) is 24.0 Å². The Kier molecular flexibility index (Phi) is 8.72. The Bertz CT molecular complexity index is 1080. The Morgan fingerprint density at radius 3 is 2.78 bits per heavy atom. The minimum Gasteiger partial charge on any atom is -0.371 e. The zero-order chi connectivity index (χ0) is 25.7. The summed E-state index contributed by atoms with van der Waals surface area (Å²) in [4.78, 5) is 27.3. The van der Waals surface area contributed by atoms with Gasteiger partial charge in [-0.2, -0.15) is 0 Å². The number of hydrogen-bond donors (Lipinski definition) is 2. The SMILES string of the molecule is CCNC(=O)CO[C@H](c1cccc(F)c1-c1cccc(C)c1)[C@@H]1CN(C(=O)[C@@H]2CC[C@H](N)C2)CCO1. The molecule has 2 aromatic carbocycles. The van der Waals surface area contributed by atoms with Crippen molar-refractivity contribution in [1.29, 1.82) is 0 Å². The van der Waals surface area contributed by atoms with Crippen LogP contribution in [-0.4, -0.2) is 61.7 Å². The number of benzene rings is 2. The summed E-state index contributed by atoms with van der Waals surface area (Å²) < 4.78 is 27.6. The van der Waals surface area contributed by atoms with E-state index >= 15 is 4.39 Å². The average molecular weight is 498 g/mol. The third kappa shape index (κ3) is 6.11. The van der Waals surface area contributed by atoms with E-state index in [2.05, 4.69) is 5.32 Å². The fraction of sp³-hybridized carbons (Fsp3) is 0.500. The number of morpholine rings is 1. The van der Waals surface area contributed by atoms with Gasteiger partial charge in [0.1, 0.15) is 24.6 Å². The van der Waals surface area contributed by atoms with Crippen molar-refractivity contribution < 1.29 is 23.5 Å². The highest BCUT2D eigenvalue weighted by molar-refractivity contribution is 5.79. The molecule has 0 unspecified atom stereocenters. The fourth-order valence-corrected chi connectivity index (χ4v) is 5.25. The van der Waals surface area contributed by atoms with Crippen LogP contribution in [0.3, 0.4) is 0 Å². The molecule has 3 N–H and O–H groups in total. The van der Waals surface area contributed by atoms with Crippen LogP contribution in [0, 0.1) is 18.7 Å². The Morgan fingerprint density at radius 1 is 1.25 bits per heavy atom. The molecule has 0 radical (unpaired) electrons. The van der Waals surface area contributed by atoms with E-state index in [1.165, 1.54) is 6.07 Å². The van der Waals surface area contributed by atoms with Crippen LogP contribution < -0.4 is 11.1 Å². The first-order valence-corrected chi connectivity index (χ1v) is 12.8. The first-order chi connectivity index (χ1) is 17.4. The molecule has 1 aliphatic carbocycles. The number of nitrogens with two attached hydrogens (primary N) is 1. The zero-order valence-corrected chi connectivity index (χ0v) is 21.0. The first-order valence-electron chi connectivity index (χ1n) is 12.8. The third-order valence-electron chi connectivity index (χ3n) is 6.99. The van der Waals surface area contributed by atoms with Gasteiger partial charge in [-0.05, 0) is 50.3 Å². The topological polar surface area (TPSA) is 93.9 Å². The van der Waals surface area contributed by atoms with E-state index in [4.69, 9.17) is 15.2 Å². The van der Waals surface area contributed by atoms with E-state index < -0.39 is 12.2 Å². The van der Waals surface area contributed by atoms with Gasteiger partial charge in [0.25, 0.3) is 0 Å². The van der Waals surface area contributed by atoms with Crippen molar-refractivity contribution in [1.82, 2.24) is 10.2 Å². The van der Waals surface area contributed by atoms with Crippen molar-refractivity contribution in [2.45, 2.75) is 51.4 Å². The van der Waals surface area contributed by atoms with Gasteiger partial charge in [0, 0.05) is 37.2 Å². The molecule has 1 aliphatic heterocycles. The lowest BCUT2D eigenvalue weighted by Gasteiger charge is -2.38. The molecule has 7 nitrogen and oxygen atoms in total. The number of halogens is 1. The van der Waals surface area contributed by atoms with Crippen molar-refractivity contribution in [2.75, 3.05) is 32.8 Å². The van der Waals surface area contributed by atoms with Crippen LogP contribution in [0.5, 0.6) is 0 Å². The number of nitrogens with one attached hydrogen (secondary N) is 1. The van der Waals surface area contributed by atoms with Gasteiger partial charge in [0.15, 0.2) is 0 Å². The number of carbonyl (C=O) groups excluding carboxylic acids is 2. The molecule has 36 heavy (non-hydrogen) atoms. The van der Waals surface area contributed by atoms with Crippen LogP contribution >= 0.6 is 0 Å². The van der Waals surface area contributed by atoms with Crippen molar-refractivity contribution in [2.24, 2.45) is 11.7 Å². The van der Waals surface area contributed by atoms with Crippen LogP contribution in [0.2, 0.25) is 0 Å². The molecule has 0 bridgehead atoms. The highest BCUT2D eigenvalue weighted by Crippen LogP contribution is 2.37. The minimum absolute atomic E-state index is 0.0631. The predicted molar refractivity (Wildman–Crippen MR) is 136 cm³/mol. The van der Waals surface area contributed by atoms with Crippen molar-refractivity contribution in [3.05, 3.63) is 59.4 Å². The summed E-state index contributed by atoms with van der Waals surface area (Å²) in [5.74, 6) is -0.643. The molecule has 2 amide bonds. The molecule has 1 saturated carbocycles. The molecule has 2 aliphatic rings. The highest BCUT2D eigenvalue weighted by atomic mass is 19.1. The van der Waals surface area contributed by atoms with Gasteiger partial charge in [-0.15, -0.1) is 0 Å². The number of amides is 2. The number of rotatable bonds is 8. The second kappa shape index (κ2) is 12.0. The van der Waals surface area contributed by atoms with Crippen LogP contribution in [0.4, 0.5) is 4.39 Å². The zero-order valence-electron chi connectivity index (χ0n) is 21.0. The molecule has 8 heteroatoms. The lowest BCUT2D eigenvalue weighted by Crippen LogP contribution is -2.50. The Morgan fingerprint density at radius 2 is 2.06 bits per heavy atom. The van der Waals surface area contributed by atoms with Gasteiger partial charge in [-0.25, -0.2) is 4.39 Å². The lowest BCUT2D eigenvalue weighted by molar-refractivity contribution is -0.155. The van der Waals surface area contributed by atoms with Gasteiger partial charge in [0.05, 0.1) is 6.61 Å². The van der Waals surface area contributed by atoms with E-state index in [1.807, 2.05) is 49.1 Å². The molecular weight excluding hydrogens is 461 g/mol. The number of aryl methyl sites for hydroxylation is 1. The van der Waals surface area contributed by atoms with E-state index in [0.29, 0.717) is 43.8 Å². The van der Waals surface area contributed by atoms with E-state index in [-0.39, 0.29) is 36.2 Å². The Hall–Kier alpha value is -2.81. The van der Waals surface area contributed by atoms with Crippen LogP contribution in [0.1, 0.15) is 43.4 Å². The molecular formula is C28H36FN3O4. The van der Waals surface area contributed by atoms with Gasteiger partial charge < -0.3 is 25.4 Å². The molecule has 0 aromatic heterocycles. The van der Waals surface area contributed by atoms with Crippen molar-refractivity contribution in [3.8, 4) is 11.1 Å². The van der Waals surface area contributed by atoms with Crippen molar-refractivity contribution in [3.63, 3.8) is 0 Å². The molecule has 2 aromatic rings. The lowest BCUT2D eigenvalue weighted by atomic mass is 9.91. The summed E-state index contributed by atoms with van der Waals surface area (Å²) in [5.41, 5.74) is 8.77. The first kappa shape index (κ1) is 26.3. The number of hydrogen-bond acceptors (Lipinski definition) is 5. The summed E-state index contributed by atoms with van der Waals surface area (Å²) >= 11 is 0. The quantitative estimate of drug-likeness (QED) is 0.584. The van der Waals surface area contributed by atoms with Crippen LogP contribution in [0.15, 0.2) is 42.5 Å². The van der Waals surface area contributed by atoms with Crippen LogP contribution in [0.25, 0.3) is 11.1 Å². The number of ether oxygens (including phenoxy) is 2. The third-order valence-corrected chi connectivity index (χ3v) is 6.99. The average Bonchev–Trinajstić information content (AvgIpc) is 3.30. The second-order valence-electron chi connectivity index (χ2n) is 9.72. The standard InChI is InChI=1S/C28H36FN3O4/c1-3-31-25(33)17-36-27(22-8-5-9-23(29)26(22)19-7-4-6-18(2)14-19)24-16-32(12-13-35-24)28(34)20-10-11-21(30)15-20/h4-9,14,20-21,24,27H,3,10-13,15-17,30H2,1-2H3,(H,31,33)/t20-,21+,24+,27-/m1/s1. The summed E-state index contributed by atoms with van der Waals surface area (Å²) in [5, 5.41) is 2.73. The maximum atomic E-state index is 15.3. The molecule has 0 spiro atoms. The van der Waals surface area contributed by atoms with Crippen molar-refractivity contribution >= 4 is 11.8 Å². The van der Waals surface area contributed by atoms with Gasteiger partial charge in [-0.1, -0.05) is 42.0 Å². The molecule has 194 valence electrons. The molecule has 4 rings (SSSR count). The summed E-state index contributed by atoms with van der Waals surface area (Å²) in [6.07, 6.45) is 1.03. The Labute approximate surface area is 212 Å². The molecule has 4 atom stereocenters. The van der Waals surface area contributed by atoms with E-state index in [1.54, 1.807) is 6.07 Å². The van der Waals surface area contributed by atoms with Crippen LogP contribution in [-0.2, 0) is 19.1 Å². The van der Waals surface area contributed by atoms with Gasteiger partial charge in [-0.3, -0.25) is 9.59 Å². The number of nitrogens with zero attached hydrogens (tertiary/aromatic N) is 1. The van der Waals surface area contributed by atoms with E-state index in [9.17, 15) is 9.59 Å².